The highest BCUT2D eigenvalue weighted by Gasteiger charge is 2.23. The fraction of sp³-hybridized carbons (Fsp3) is 0.471. The van der Waals surface area contributed by atoms with Gasteiger partial charge in [0.2, 0.25) is 0 Å². The number of piperidine rings is 1. The van der Waals surface area contributed by atoms with E-state index in [4.69, 9.17) is 4.74 Å². The van der Waals surface area contributed by atoms with E-state index in [1.165, 1.54) is 0 Å². The molecular formula is C17H22N4O. The quantitative estimate of drug-likeness (QED) is 0.868. The molecule has 0 aromatic carbocycles. The van der Waals surface area contributed by atoms with E-state index in [1.807, 2.05) is 38.4 Å². The molecule has 2 aromatic heterocycles. The molecule has 2 aromatic rings. The van der Waals surface area contributed by atoms with Crippen molar-refractivity contribution in [2.24, 2.45) is 0 Å². The summed E-state index contributed by atoms with van der Waals surface area (Å²) in [6.45, 7) is 6.51. The Kier molecular flexibility index (Phi) is 4.63. The number of rotatable bonds is 4. The van der Waals surface area contributed by atoms with Crippen LogP contribution in [0.25, 0.3) is 0 Å². The zero-order chi connectivity index (χ0) is 15.4. The Morgan fingerprint density at radius 2 is 2.23 bits per heavy atom. The average molecular weight is 298 g/mol. The lowest BCUT2D eigenvalue weighted by Gasteiger charge is -2.34. The van der Waals surface area contributed by atoms with Crippen LogP contribution in [0.4, 0.5) is 5.82 Å². The molecule has 1 saturated heterocycles. The van der Waals surface area contributed by atoms with Gasteiger partial charge in [-0.15, -0.1) is 0 Å². The van der Waals surface area contributed by atoms with E-state index in [2.05, 4.69) is 19.9 Å². The third-order valence-electron chi connectivity index (χ3n) is 3.94. The topological polar surface area (TPSA) is 51.1 Å². The summed E-state index contributed by atoms with van der Waals surface area (Å²) in [6, 6.07) is 3.99. The third kappa shape index (κ3) is 3.60. The monoisotopic (exact) mass is 298 g/mol. The molecule has 0 radical (unpaired) electrons. The summed E-state index contributed by atoms with van der Waals surface area (Å²) in [5.41, 5.74) is 3.06. The molecule has 1 unspecified atom stereocenters. The Balaban J connectivity index is 1.63. The Morgan fingerprint density at radius 3 is 3.05 bits per heavy atom. The summed E-state index contributed by atoms with van der Waals surface area (Å²) in [5, 5.41) is 0. The van der Waals surface area contributed by atoms with E-state index in [0.29, 0.717) is 6.61 Å². The fourth-order valence-electron chi connectivity index (χ4n) is 2.79. The van der Waals surface area contributed by atoms with Gasteiger partial charge in [-0.1, -0.05) is 6.07 Å². The van der Waals surface area contributed by atoms with E-state index in [-0.39, 0.29) is 6.10 Å². The number of hydrogen-bond acceptors (Lipinski definition) is 5. The molecule has 0 aliphatic carbocycles. The molecule has 0 bridgehead atoms. The maximum atomic E-state index is 6.06. The summed E-state index contributed by atoms with van der Waals surface area (Å²) in [5.74, 6) is 0.995. The Bertz CT molecular complexity index is 617. The lowest BCUT2D eigenvalue weighted by atomic mass is 10.1. The highest BCUT2D eigenvalue weighted by Crippen LogP contribution is 2.22. The first-order valence-corrected chi connectivity index (χ1v) is 7.78. The van der Waals surface area contributed by atoms with Crippen LogP contribution in [0.15, 0.2) is 30.7 Å². The molecule has 116 valence electrons. The van der Waals surface area contributed by atoms with Gasteiger partial charge in [-0.3, -0.25) is 9.97 Å². The highest BCUT2D eigenvalue weighted by molar-refractivity contribution is 5.43. The molecule has 5 heteroatoms. The Hall–Kier alpha value is -2.01. The van der Waals surface area contributed by atoms with Crippen LogP contribution in [0.5, 0.6) is 0 Å². The second-order valence-electron chi connectivity index (χ2n) is 5.80. The van der Waals surface area contributed by atoms with E-state index < -0.39 is 0 Å². The van der Waals surface area contributed by atoms with E-state index in [9.17, 15) is 0 Å². The number of pyridine rings is 1. The number of nitrogens with zero attached hydrogens (tertiary/aromatic N) is 4. The number of aromatic nitrogens is 3. The van der Waals surface area contributed by atoms with Crippen molar-refractivity contribution in [1.82, 2.24) is 15.0 Å². The predicted molar refractivity (Wildman–Crippen MR) is 85.8 cm³/mol. The first-order valence-electron chi connectivity index (χ1n) is 7.78. The summed E-state index contributed by atoms with van der Waals surface area (Å²) < 4.78 is 6.06. The van der Waals surface area contributed by atoms with Crippen molar-refractivity contribution in [3.63, 3.8) is 0 Å². The van der Waals surface area contributed by atoms with Gasteiger partial charge in [0.25, 0.3) is 0 Å². The van der Waals surface area contributed by atoms with Crippen molar-refractivity contribution in [1.29, 1.82) is 0 Å². The first kappa shape index (κ1) is 14.9. The maximum absolute atomic E-state index is 6.06. The summed E-state index contributed by atoms with van der Waals surface area (Å²) in [6.07, 6.45) is 7.90. The van der Waals surface area contributed by atoms with Crippen LogP contribution >= 0.6 is 0 Å². The molecule has 1 aliphatic heterocycles. The van der Waals surface area contributed by atoms with Crippen molar-refractivity contribution in [3.8, 4) is 0 Å². The van der Waals surface area contributed by atoms with E-state index in [0.717, 1.165) is 48.7 Å². The first-order chi connectivity index (χ1) is 10.7. The van der Waals surface area contributed by atoms with Gasteiger partial charge in [-0.05, 0) is 38.3 Å². The van der Waals surface area contributed by atoms with E-state index in [1.54, 1.807) is 6.20 Å². The predicted octanol–water partition coefficient (Wildman–Crippen LogP) is 2.67. The van der Waals surface area contributed by atoms with Crippen LogP contribution in [0, 0.1) is 13.8 Å². The largest absolute Gasteiger partial charge is 0.372 e. The van der Waals surface area contributed by atoms with Gasteiger partial charge in [0, 0.05) is 31.7 Å². The second-order valence-corrected chi connectivity index (χ2v) is 5.80. The Morgan fingerprint density at radius 1 is 1.32 bits per heavy atom. The number of hydrogen-bond donors (Lipinski definition) is 0. The van der Waals surface area contributed by atoms with Gasteiger partial charge in [0.1, 0.15) is 5.82 Å². The summed E-state index contributed by atoms with van der Waals surface area (Å²) >= 11 is 0. The molecule has 0 saturated carbocycles. The smallest absolute Gasteiger partial charge is 0.150 e. The van der Waals surface area contributed by atoms with Gasteiger partial charge in [-0.2, -0.15) is 0 Å². The molecule has 0 amide bonds. The van der Waals surface area contributed by atoms with Crippen LogP contribution in [0.3, 0.4) is 0 Å². The third-order valence-corrected chi connectivity index (χ3v) is 3.94. The lowest BCUT2D eigenvalue weighted by Crippen LogP contribution is -2.40. The van der Waals surface area contributed by atoms with Crippen LogP contribution in [-0.4, -0.2) is 34.1 Å². The SMILES string of the molecule is Cc1cnc(C)c(N2CCCC(OCc3cccnc3)C2)n1. The van der Waals surface area contributed by atoms with Crippen molar-refractivity contribution >= 4 is 5.82 Å². The molecule has 22 heavy (non-hydrogen) atoms. The number of aryl methyl sites for hydroxylation is 2. The molecule has 1 fully saturated rings. The van der Waals surface area contributed by atoms with Crippen molar-refractivity contribution in [2.45, 2.75) is 39.4 Å². The molecule has 1 aliphatic rings. The van der Waals surface area contributed by atoms with Gasteiger partial charge in [0.05, 0.1) is 24.1 Å². The number of anilines is 1. The molecule has 0 spiro atoms. The zero-order valence-electron chi connectivity index (χ0n) is 13.2. The van der Waals surface area contributed by atoms with Crippen LogP contribution in [0.1, 0.15) is 29.8 Å². The summed E-state index contributed by atoms with van der Waals surface area (Å²) in [7, 11) is 0. The molecular weight excluding hydrogens is 276 g/mol. The van der Waals surface area contributed by atoms with Crippen molar-refractivity contribution in [3.05, 3.63) is 47.7 Å². The minimum atomic E-state index is 0.232. The molecule has 5 nitrogen and oxygen atoms in total. The standard InChI is InChI=1S/C17H22N4O/c1-13-9-19-14(2)17(20-13)21-8-4-6-16(11-21)22-12-15-5-3-7-18-10-15/h3,5,7,9-10,16H,4,6,8,11-12H2,1-2H3. The van der Waals surface area contributed by atoms with Crippen molar-refractivity contribution in [2.75, 3.05) is 18.0 Å². The summed E-state index contributed by atoms with van der Waals surface area (Å²) in [4.78, 5) is 15.5. The fourth-order valence-corrected chi connectivity index (χ4v) is 2.79. The van der Waals surface area contributed by atoms with Crippen molar-refractivity contribution < 1.29 is 4.74 Å². The number of ether oxygens (including phenoxy) is 1. The molecule has 0 N–H and O–H groups in total. The molecule has 3 heterocycles. The lowest BCUT2D eigenvalue weighted by molar-refractivity contribution is 0.0312. The van der Waals surface area contributed by atoms with Crippen LogP contribution < -0.4 is 4.90 Å². The van der Waals surface area contributed by atoms with Gasteiger partial charge in [-0.25, -0.2) is 4.98 Å². The molecule has 1 atom stereocenters. The van der Waals surface area contributed by atoms with E-state index >= 15 is 0 Å². The van der Waals surface area contributed by atoms with Crippen LogP contribution in [-0.2, 0) is 11.3 Å². The highest BCUT2D eigenvalue weighted by atomic mass is 16.5. The average Bonchev–Trinajstić information content (AvgIpc) is 2.56. The van der Waals surface area contributed by atoms with Crippen LogP contribution in [0.2, 0.25) is 0 Å². The zero-order valence-corrected chi connectivity index (χ0v) is 13.2. The van der Waals surface area contributed by atoms with Gasteiger partial charge in [0.15, 0.2) is 0 Å². The minimum Gasteiger partial charge on any atom is -0.372 e. The second kappa shape index (κ2) is 6.83. The molecule has 3 rings (SSSR count). The Labute approximate surface area is 131 Å². The van der Waals surface area contributed by atoms with Gasteiger partial charge < -0.3 is 9.64 Å². The van der Waals surface area contributed by atoms with Gasteiger partial charge >= 0.3 is 0 Å². The normalized spacial score (nSPS) is 18.5. The maximum Gasteiger partial charge on any atom is 0.150 e. The minimum absolute atomic E-state index is 0.232.